The van der Waals surface area contributed by atoms with Crippen molar-refractivity contribution in [3.8, 4) is 23.2 Å². The highest BCUT2D eigenvalue weighted by Gasteiger charge is 2.30. The van der Waals surface area contributed by atoms with Crippen molar-refractivity contribution in [3.05, 3.63) is 60.3 Å². The summed E-state index contributed by atoms with van der Waals surface area (Å²) in [6.45, 7) is 3.75. The number of hydrogen-bond acceptors (Lipinski definition) is 9. The molecule has 3 N–H and O–H groups in total. The van der Waals surface area contributed by atoms with E-state index in [1.54, 1.807) is 29.2 Å². The van der Waals surface area contributed by atoms with Crippen molar-refractivity contribution in [2.24, 2.45) is 11.7 Å². The Morgan fingerprint density at radius 3 is 2.68 bits per heavy atom. The van der Waals surface area contributed by atoms with Crippen LogP contribution in [-0.4, -0.2) is 56.7 Å². The number of piperidine rings is 1. The van der Waals surface area contributed by atoms with Gasteiger partial charge in [0.25, 0.3) is 5.91 Å². The number of anilines is 2. The number of ether oxygens (including phenoxy) is 1. The van der Waals surface area contributed by atoms with E-state index in [-0.39, 0.29) is 12.1 Å². The maximum atomic E-state index is 12.4. The lowest BCUT2D eigenvalue weighted by molar-refractivity contribution is 0.100. The molecule has 4 aromatic rings. The summed E-state index contributed by atoms with van der Waals surface area (Å²) < 4.78 is 6.78. The summed E-state index contributed by atoms with van der Waals surface area (Å²) >= 11 is 0. The largest absolute Gasteiger partial charge is 0.467 e. The number of nitrogens with zero attached hydrogens (tertiary/aromatic N) is 7. The van der Waals surface area contributed by atoms with Crippen molar-refractivity contribution in [1.29, 1.82) is 5.26 Å². The first-order valence-corrected chi connectivity index (χ1v) is 12.1. The predicted molar refractivity (Wildman–Crippen MR) is 138 cm³/mol. The van der Waals surface area contributed by atoms with E-state index in [2.05, 4.69) is 43.3 Å². The molecule has 11 nitrogen and oxygen atoms in total. The molecule has 5 heterocycles. The number of fused-ring (bicyclic) bond motifs is 1. The summed E-state index contributed by atoms with van der Waals surface area (Å²) in [7, 11) is 1.52. The minimum absolute atomic E-state index is 0.117. The zero-order valence-electron chi connectivity index (χ0n) is 20.6. The molecule has 2 atom stereocenters. The lowest BCUT2D eigenvalue weighted by Crippen LogP contribution is -2.46. The number of carbonyl (C=O) groups excluding carboxylic acids is 1. The van der Waals surface area contributed by atoms with Crippen LogP contribution in [0.4, 0.5) is 11.5 Å². The molecule has 5 rings (SSSR count). The Balaban J connectivity index is 1.44. The lowest BCUT2D eigenvalue weighted by Gasteiger charge is -2.40. The van der Waals surface area contributed by atoms with Gasteiger partial charge in [0, 0.05) is 55.0 Å². The van der Waals surface area contributed by atoms with E-state index in [0.717, 1.165) is 48.4 Å². The third-order valence-corrected chi connectivity index (χ3v) is 6.84. The summed E-state index contributed by atoms with van der Waals surface area (Å²) in [5.41, 5.74) is 9.69. The zero-order valence-corrected chi connectivity index (χ0v) is 20.6. The van der Waals surface area contributed by atoms with Gasteiger partial charge >= 0.3 is 6.01 Å². The Hall–Kier alpha value is -4.72. The Labute approximate surface area is 213 Å². The molecule has 1 aliphatic heterocycles. The molecule has 0 spiro atoms. The van der Waals surface area contributed by atoms with Crippen LogP contribution in [0.1, 0.15) is 35.7 Å². The standard InChI is InChI=1S/C26H27N9O2/c1-3-17-14-34(23-5-4-16(9-27)10-29-23)7-6-21(17)33-24-20(25(28)36)13-32-35-15-18(8-22(24)35)19-11-30-26(37-2)31-12-19/h4-5,8,10-13,15,17,21,33H,3,6-7,14H2,1-2H3,(H2,28,36)/t17-,21+/m0/s1. The lowest BCUT2D eigenvalue weighted by atomic mass is 9.89. The number of rotatable bonds is 7. The number of amides is 1. The molecule has 1 fully saturated rings. The summed E-state index contributed by atoms with van der Waals surface area (Å²) in [4.78, 5) is 27.4. The van der Waals surface area contributed by atoms with Gasteiger partial charge in [0.05, 0.1) is 35.6 Å². The Morgan fingerprint density at radius 1 is 1.22 bits per heavy atom. The Kier molecular flexibility index (Phi) is 6.55. The van der Waals surface area contributed by atoms with Crippen LogP contribution in [0.3, 0.4) is 0 Å². The summed E-state index contributed by atoms with van der Waals surface area (Å²) in [6, 6.07) is 8.14. The highest BCUT2D eigenvalue weighted by atomic mass is 16.5. The normalized spacial score (nSPS) is 17.4. The quantitative estimate of drug-likeness (QED) is 0.393. The van der Waals surface area contributed by atoms with Crippen molar-refractivity contribution >= 4 is 22.9 Å². The number of pyridine rings is 1. The van der Waals surface area contributed by atoms with Gasteiger partial charge in [0.15, 0.2) is 0 Å². The van der Waals surface area contributed by atoms with Crippen molar-refractivity contribution in [2.45, 2.75) is 25.8 Å². The second kappa shape index (κ2) is 10.1. The van der Waals surface area contributed by atoms with Gasteiger partial charge in [0.1, 0.15) is 11.9 Å². The smallest absolute Gasteiger partial charge is 0.316 e. The Morgan fingerprint density at radius 2 is 2.03 bits per heavy atom. The SMILES string of the molecule is CC[C@H]1CN(c2ccc(C#N)cn2)CC[C@H]1Nc1c(C(N)=O)cnn2cc(-c3cnc(OC)nc3)cc12. The van der Waals surface area contributed by atoms with E-state index in [4.69, 9.17) is 15.7 Å². The van der Waals surface area contributed by atoms with Crippen molar-refractivity contribution in [2.75, 3.05) is 30.4 Å². The number of methoxy groups -OCH3 is 1. The minimum Gasteiger partial charge on any atom is -0.467 e. The molecule has 11 heteroatoms. The van der Waals surface area contributed by atoms with Gasteiger partial charge in [-0.1, -0.05) is 6.92 Å². The minimum atomic E-state index is -0.541. The fourth-order valence-electron chi connectivity index (χ4n) is 4.79. The highest BCUT2D eigenvalue weighted by molar-refractivity contribution is 6.02. The van der Waals surface area contributed by atoms with E-state index < -0.39 is 5.91 Å². The van der Waals surface area contributed by atoms with E-state index in [9.17, 15) is 4.79 Å². The second-order valence-electron chi connectivity index (χ2n) is 8.99. The van der Waals surface area contributed by atoms with Gasteiger partial charge < -0.3 is 20.7 Å². The number of nitrogens with two attached hydrogens (primary N) is 1. The molecule has 0 aromatic carbocycles. The van der Waals surface area contributed by atoms with Crippen molar-refractivity contribution in [1.82, 2.24) is 24.6 Å². The van der Waals surface area contributed by atoms with Crippen LogP contribution < -0.4 is 20.7 Å². The van der Waals surface area contributed by atoms with Crippen LogP contribution in [0.5, 0.6) is 6.01 Å². The van der Waals surface area contributed by atoms with Crippen LogP contribution in [0, 0.1) is 17.2 Å². The maximum absolute atomic E-state index is 12.4. The van der Waals surface area contributed by atoms with E-state index >= 15 is 0 Å². The number of aromatic nitrogens is 5. The van der Waals surface area contributed by atoms with E-state index in [1.807, 2.05) is 18.3 Å². The average molecular weight is 498 g/mol. The van der Waals surface area contributed by atoms with Gasteiger partial charge in [0.2, 0.25) is 0 Å². The molecular formula is C26H27N9O2. The molecule has 4 aromatic heterocycles. The second-order valence-corrected chi connectivity index (χ2v) is 8.99. The third-order valence-electron chi connectivity index (χ3n) is 6.84. The van der Waals surface area contributed by atoms with Gasteiger partial charge in [-0.25, -0.2) is 19.5 Å². The fourth-order valence-corrected chi connectivity index (χ4v) is 4.79. The first kappa shape index (κ1) is 24.0. The number of primary amides is 1. The molecule has 37 heavy (non-hydrogen) atoms. The molecule has 0 aliphatic carbocycles. The van der Waals surface area contributed by atoms with Crippen LogP contribution in [0.25, 0.3) is 16.6 Å². The molecule has 0 radical (unpaired) electrons. The van der Waals surface area contributed by atoms with Crippen molar-refractivity contribution < 1.29 is 9.53 Å². The fraction of sp³-hybridized carbons (Fsp3) is 0.308. The predicted octanol–water partition coefficient (Wildman–Crippen LogP) is 2.88. The number of hydrogen-bond donors (Lipinski definition) is 2. The molecule has 0 bridgehead atoms. The summed E-state index contributed by atoms with van der Waals surface area (Å²) in [5.74, 6) is 0.614. The van der Waals surface area contributed by atoms with Gasteiger partial charge in [-0.15, -0.1) is 0 Å². The molecule has 1 amide bonds. The number of nitrogens with one attached hydrogen (secondary N) is 1. The number of nitriles is 1. The van der Waals surface area contributed by atoms with E-state index in [0.29, 0.717) is 22.7 Å². The molecule has 1 aliphatic rings. The van der Waals surface area contributed by atoms with Gasteiger partial charge in [-0.2, -0.15) is 10.4 Å². The van der Waals surface area contributed by atoms with Gasteiger partial charge in [-0.3, -0.25) is 4.79 Å². The molecule has 0 unspecified atom stereocenters. The van der Waals surface area contributed by atoms with Crippen LogP contribution in [0.2, 0.25) is 0 Å². The molecule has 188 valence electrons. The molecular weight excluding hydrogens is 470 g/mol. The van der Waals surface area contributed by atoms with Crippen LogP contribution in [-0.2, 0) is 0 Å². The number of carbonyl (C=O) groups is 1. The highest BCUT2D eigenvalue weighted by Crippen LogP contribution is 2.32. The van der Waals surface area contributed by atoms with Crippen LogP contribution in [0.15, 0.2) is 49.2 Å². The third kappa shape index (κ3) is 4.73. The van der Waals surface area contributed by atoms with Crippen LogP contribution >= 0.6 is 0 Å². The van der Waals surface area contributed by atoms with E-state index in [1.165, 1.54) is 13.3 Å². The topological polar surface area (TPSA) is 147 Å². The first-order valence-electron chi connectivity index (χ1n) is 12.1. The first-order chi connectivity index (χ1) is 18.0. The molecule has 1 saturated heterocycles. The zero-order chi connectivity index (χ0) is 25.9. The summed E-state index contributed by atoms with van der Waals surface area (Å²) in [6.07, 6.45) is 10.1. The average Bonchev–Trinajstić information content (AvgIpc) is 3.38. The molecule has 0 saturated carbocycles. The van der Waals surface area contributed by atoms with Crippen molar-refractivity contribution in [3.63, 3.8) is 0 Å². The monoisotopic (exact) mass is 497 g/mol. The summed E-state index contributed by atoms with van der Waals surface area (Å²) in [5, 5.41) is 17.1. The Bertz CT molecular complexity index is 1460. The maximum Gasteiger partial charge on any atom is 0.316 e. The van der Waals surface area contributed by atoms with Gasteiger partial charge in [-0.05, 0) is 37.0 Å².